The highest BCUT2D eigenvalue weighted by Crippen LogP contribution is 2.08. The standard InChI is InChI=1S/C13H21N5O/c1-4-6-10(14-5-2)7-11-8-12-16-17-13(19)18(12)9(3)15-11/h8,10,14H,4-7H2,1-3H3,(H,17,19). The molecule has 0 aliphatic rings. The molecule has 6 nitrogen and oxygen atoms in total. The van der Waals surface area contributed by atoms with Crippen molar-refractivity contribution in [2.45, 2.75) is 46.1 Å². The maximum absolute atomic E-state index is 11.5. The van der Waals surface area contributed by atoms with Crippen molar-refractivity contribution >= 4 is 5.65 Å². The van der Waals surface area contributed by atoms with Crippen LogP contribution in [0, 0.1) is 6.92 Å². The molecule has 0 aliphatic carbocycles. The molecule has 0 amide bonds. The average molecular weight is 263 g/mol. The lowest BCUT2D eigenvalue weighted by Gasteiger charge is -2.16. The number of hydrogen-bond acceptors (Lipinski definition) is 4. The molecule has 2 rings (SSSR count). The lowest BCUT2D eigenvalue weighted by atomic mass is 10.1. The van der Waals surface area contributed by atoms with Gasteiger partial charge in [-0.15, -0.1) is 0 Å². The largest absolute Gasteiger partial charge is 0.349 e. The number of aryl methyl sites for hydroxylation is 1. The molecule has 1 atom stereocenters. The van der Waals surface area contributed by atoms with E-state index in [0.717, 1.165) is 31.5 Å². The third kappa shape index (κ3) is 3.01. The number of aromatic nitrogens is 4. The molecule has 19 heavy (non-hydrogen) atoms. The molecule has 2 aromatic rings. The van der Waals surface area contributed by atoms with Gasteiger partial charge in [0.2, 0.25) is 0 Å². The van der Waals surface area contributed by atoms with E-state index in [0.29, 0.717) is 17.5 Å². The van der Waals surface area contributed by atoms with Crippen molar-refractivity contribution in [3.8, 4) is 0 Å². The Morgan fingerprint density at radius 1 is 1.47 bits per heavy atom. The Kier molecular flexibility index (Phi) is 4.31. The van der Waals surface area contributed by atoms with Gasteiger partial charge in [0.15, 0.2) is 5.65 Å². The smallest absolute Gasteiger partial charge is 0.314 e. The minimum Gasteiger partial charge on any atom is -0.314 e. The van der Waals surface area contributed by atoms with Gasteiger partial charge in [0.05, 0.1) is 0 Å². The van der Waals surface area contributed by atoms with Crippen LogP contribution in [-0.2, 0) is 6.42 Å². The Morgan fingerprint density at radius 3 is 2.95 bits per heavy atom. The van der Waals surface area contributed by atoms with Crippen LogP contribution in [0.4, 0.5) is 0 Å². The van der Waals surface area contributed by atoms with E-state index >= 15 is 0 Å². The summed E-state index contributed by atoms with van der Waals surface area (Å²) < 4.78 is 1.49. The Morgan fingerprint density at radius 2 is 2.26 bits per heavy atom. The van der Waals surface area contributed by atoms with Crippen LogP contribution in [0.25, 0.3) is 5.65 Å². The van der Waals surface area contributed by atoms with Gasteiger partial charge < -0.3 is 5.32 Å². The first-order valence-corrected chi connectivity index (χ1v) is 6.82. The van der Waals surface area contributed by atoms with Crippen LogP contribution < -0.4 is 11.0 Å². The highest BCUT2D eigenvalue weighted by Gasteiger charge is 2.11. The monoisotopic (exact) mass is 263 g/mol. The number of nitrogens with one attached hydrogen (secondary N) is 2. The van der Waals surface area contributed by atoms with Crippen molar-refractivity contribution < 1.29 is 0 Å². The Bertz CT molecular complexity index is 595. The average Bonchev–Trinajstić information content (AvgIpc) is 2.72. The summed E-state index contributed by atoms with van der Waals surface area (Å²) in [6.07, 6.45) is 3.12. The van der Waals surface area contributed by atoms with E-state index in [-0.39, 0.29) is 5.69 Å². The predicted molar refractivity (Wildman–Crippen MR) is 74.4 cm³/mol. The highest BCUT2D eigenvalue weighted by molar-refractivity contribution is 5.38. The topological polar surface area (TPSA) is 75.1 Å². The first-order valence-electron chi connectivity index (χ1n) is 6.82. The Balaban J connectivity index is 2.27. The first-order chi connectivity index (χ1) is 9.15. The van der Waals surface area contributed by atoms with Crippen LogP contribution in [-0.4, -0.2) is 32.2 Å². The first kappa shape index (κ1) is 13.7. The van der Waals surface area contributed by atoms with Crippen LogP contribution in [0.3, 0.4) is 0 Å². The second kappa shape index (κ2) is 5.97. The molecule has 0 fully saturated rings. The second-order valence-corrected chi connectivity index (χ2v) is 4.76. The molecule has 2 heterocycles. The van der Waals surface area contributed by atoms with Crippen molar-refractivity contribution in [3.63, 3.8) is 0 Å². The SMILES string of the molecule is CCCC(Cc1cc2n[nH]c(=O)n2c(C)n1)NCC. The van der Waals surface area contributed by atoms with Crippen molar-refractivity contribution in [3.05, 3.63) is 28.1 Å². The van der Waals surface area contributed by atoms with Gasteiger partial charge in [-0.3, -0.25) is 0 Å². The molecule has 1 unspecified atom stereocenters. The summed E-state index contributed by atoms with van der Waals surface area (Å²) in [5, 5.41) is 9.92. The van der Waals surface area contributed by atoms with Gasteiger partial charge in [-0.2, -0.15) is 5.10 Å². The molecule has 104 valence electrons. The molecule has 0 aromatic carbocycles. The molecule has 2 aromatic heterocycles. The number of likely N-dealkylation sites (N-methyl/N-ethyl adjacent to an activating group) is 1. The van der Waals surface area contributed by atoms with E-state index in [4.69, 9.17) is 0 Å². The third-order valence-corrected chi connectivity index (χ3v) is 3.21. The molecular weight excluding hydrogens is 242 g/mol. The van der Waals surface area contributed by atoms with Crippen LogP contribution in [0.1, 0.15) is 38.2 Å². The molecule has 0 spiro atoms. The third-order valence-electron chi connectivity index (χ3n) is 3.21. The van der Waals surface area contributed by atoms with Gasteiger partial charge in [-0.05, 0) is 19.9 Å². The maximum Gasteiger partial charge on any atom is 0.349 e. The minimum atomic E-state index is -0.233. The maximum atomic E-state index is 11.5. The van der Waals surface area contributed by atoms with E-state index in [9.17, 15) is 4.79 Å². The van der Waals surface area contributed by atoms with Gasteiger partial charge in [0.25, 0.3) is 0 Å². The van der Waals surface area contributed by atoms with E-state index in [1.165, 1.54) is 4.40 Å². The normalized spacial score (nSPS) is 13.0. The van der Waals surface area contributed by atoms with E-state index in [1.54, 1.807) is 0 Å². The zero-order valence-electron chi connectivity index (χ0n) is 11.7. The fourth-order valence-electron chi connectivity index (χ4n) is 2.43. The summed E-state index contributed by atoms with van der Waals surface area (Å²) >= 11 is 0. The molecule has 0 saturated heterocycles. The zero-order chi connectivity index (χ0) is 13.8. The number of H-pyrrole nitrogens is 1. The summed E-state index contributed by atoms with van der Waals surface area (Å²) in [6.45, 7) is 7.07. The van der Waals surface area contributed by atoms with Gasteiger partial charge >= 0.3 is 5.69 Å². The number of nitrogens with zero attached hydrogens (tertiary/aromatic N) is 3. The molecule has 0 aliphatic heterocycles. The highest BCUT2D eigenvalue weighted by atomic mass is 16.1. The fraction of sp³-hybridized carbons (Fsp3) is 0.615. The molecular formula is C13H21N5O. The van der Waals surface area contributed by atoms with Crippen molar-refractivity contribution in [2.24, 2.45) is 0 Å². The van der Waals surface area contributed by atoms with Crippen LogP contribution in [0.15, 0.2) is 10.9 Å². The van der Waals surface area contributed by atoms with Gasteiger partial charge in [0.1, 0.15) is 5.82 Å². The predicted octanol–water partition coefficient (Wildman–Crippen LogP) is 1.05. The minimum absolute atomic E-state index is 0.233. The quantitative estimate of drug-likeness (QED) is 0.816. The van der Waals surface area contributed by atoms with Crippen molar-refractivity contribution in [2.75, 3.05) is 6.54 Å². The number of aromatic amines is 1. The Hall–Kier alpha value is -1.69. The van der Waals surface area contributed by atoms with E-state index in [1.807, 2.05) is 13.0 Å². The molecule has 0 saturated carbocycles. The second-order valence-electron chi connectivity index (χ2n) is 4.76. The van der Waals surface area contributed by atoms with Crippen LogP contribution in [0.5, 0.6) is 0 Å². The van der Waals surface area contributed by atoms with Gasteiger partial charge in [-0.25, -0.2) is 19.3 Å². The molecule has 2 N–H and O–H groups in total. The Labute approximate surface area is 112 Å². The van der Waals surface area contributed by atoms with Crippen LogP contribution in [0.2, 0.25) is 0 Å². The van der Waals surface area contributed by atoms with E-state index in [2.05, 4.69) is 34.3 Å². The van der Waals surface area contributed by atoms with Crippen molar-refractivity contribution in [1.82, 2.24) is 24.9 Å². The summed E-state index contributed by atoms with van der Waals surface area (Å²) in [6, 6.07) is 2.31. The fourth-order valence-corrected chi connectivity index (χ4v) is 2.43. The summed E-state index contributed by atoms with van der Waals surface area (Å²) in [5.74, 6) is 0.679. The molecule has 6 heteroatoms. The zero-order valence-corrected chi connectivity index (χ0v) is 11.7. The van der Waals surface area contributed by atoms with Gasteiger partial charge in [-0.1, -0.05) is 20.3 Å². The molecule has 0 radical (unpaired) electrons. The number of hydrogen-bond donors (Lipinski definition) is 2. The van der Waals surface area contributed by atoms with Gasteiger partial charge in [0, 0.05) is 24.2 Å². The summed E-state index contributed by atoms with van der Waals surface area (Å²) in [7, 11) is 0. The summed E-state index contributed by atoms with van der Waals surface area (Å²) in [4.78, 5) is 16.0. The molecule has 0 bridgehead atoms. The number of fused-ring (bicyclic) bond motifs is 1. The van der Waals surface area contributed by atoms with Crippen molar-refractivity contribution in [1.29, 1.82) is 0 Å². The number of rotatable bonds is 6. The summed E-state index contributed by atoms with van der Waals surface area (Å²) in [5.41, 5.74) is 1.38. The lowest BCUT2D eigenvalue weighted by Crippen LogP contribution is -2.31. The van der Waals surface area contributed by atoms with E-state index < -0.39 is 0 Å². The lowest BCUT2D eigenvalue weighted by molar-refractivity contribution is 0.481. The van der Waals surface area contributed by atoms with Crippen LogP contribution >= 0.6 is 0 Å².